The average molecular weight is 302 g/mol. The number of hydrogen-bond acceptors (Lipinski definition) is 3. The number of carboxylic acids is 1. The van der Waals surface area contributed by atoms with Crippen LogP contribution in [0.3, 0.4) is 0 Å². The normalized spacial score (nSPS) is 12.0. The highest BCUT2D eigenvalue weighted by atomic mass is 19.1. The Morgan fingerprint density at radius 3 is 2.73 bits per heavy atom. The molecule has 116 valence electrons. The molecule has 0 saturated carbocycles. The van der Waals surface area contributed by atoms with Crippen molar-refractivity contribution >= 4 is 11.8 Å². The summed E-state index contributed by atoms with van der Waals surface area (Å²) in [6, 6.07) is 10.2. The van der Waals surface area contributed by atoms with Gasteiger partial charge in [0, 0.05) is 24.8 Å². The second-order valence-corrected chi connectivity index (χ2v) is 5.40. The van der Waals surface area contributed by atoms with E-state index in [1.807, 2.05) is 19.1 Å². The fourth-order valence-electron chi connectivity index (χ4n) is 2.17. The lowest BCUT2D eigenvalue weighted by Gasteiger charge is -2.26. The lowest BCUT2D eigenvalue weighted by molar-refractivity contribution is -0.140. The summed E-state index contributed by atoms with van der Waals surface area (Å²) in [6.07, 6.45) is 1.67. The maximum atomic E-state index is 13.9. The summed E-state index contributed by atoms with van der Waals surface area (Å²) >= 11 is 0. The quantitative estimate of drug-likeness (QED) is 0.890. The summed E-state index contributed by atoms with van der Waals surface area (Å²) in [5.41, 5.74) is 1.54. The number of anilines is 1. The van der Waals surface area contributed by atoms with Gasteiger partial charge in [-0.05, 0) is 30.7 Å². The first-order valence-electron chi connectivity index (χ1n) is 7.11. The SMILES string of the molecule is Cc1ccnc(N(Cc2ccccc2F)CC(C)C(=O)O)c1. The molecule has 5 heteroatoms. The Bertz CT molecular complexity index is 661. The topological polar surface area (TPSA) is 53.4 Å². The Labute approximate surface area is 129 Å². The van der Waals surface area contributed by atoms with Crippen LogP contribution in [0.4, 0.5) is 10.2 Å². The zero-order chi connectivity index (χ0) is 16.1. The van der Waals surface area contributed by atoms with Gasteiger partial charge >= 0.3 is 5.97 Å². The molecule has 2 rings (SSSR count). The number of nitrogens with zero attached hydrogens (tertiary/aromatic N) is 2. The maximum absolute atomic E-state index is 13.9. The van der Waals surface area contributed by atoms with Gasteiger partial charge in [-0.2, -0.15) is 0 Å². The summed E-state index contributed by atoms with van der Waals surface area (Å²) in [4.78, 5) is 17.2. The van der Waals surface area contributed by atoms with Crippen molar-refractivity contribution < 1.29 is 14.3 Å². The standard InChI is InChI=1S/C17H19FN2O2/c1-12-7-8-19-16(9-12)20(10-13(2)17(21)22)11-14-5-3-4-6-15(14)18/h3-9,13H,10-11H2,1-2H3,(H,21,22). The number of pyridine rings is 1. The molecule has 0 bridgehead atoms. The zero-order valence-corrected chi connectivity index (χ0v) is 12.7. The number of aliphatic carboxylic acids is 1. The number of aryl methyl sites for hydroxylation is 1. The average Bonchev–Trinajstić information content (AvgIpc) is 2.48. The largest absolute Gasteiger partial charge is 0.481 e. The Morgan fingerprint density at radius 1 is 1.36 bits per heavy atom. The molecule has 1 aromatic heterocycles. The Balaban J connectivity index is 2.29. The van der Waals surface area contributed by atoms with Gasteiger partial charge in [-0.15, -0.1) is 0 Å². The molecule has 1 unspecified atom stereocenters. The molecule has 22 heavy (non-hydrogen) atoms. The van der Waals surface area contributed by atoms with Gasteiger partial charge in [0.1, 0.15) is 11.6 Å². The van der Waals surface area contributed by atoms with E-state index in [0.29, 0.717) is 11.4 Å². The third-order valence-electron chi connectivity index (χ3n) is 3.46. The number of carboxylic acid groups (broad SMARTS) is 1. The van der Waals surface area contributed by atoms with E-state index in [-0.39, 0.29) is 18.9 Å². The van der Waals surface area contributed by atoms with Crippen LogP contribution in [0.5, 0.6) is 0 Å². The van der Waals surface area contributed by atoms with E-state index >= 15 is 0 Å². The third kappa shape index (κ3) is 4.04. The Morgan fingerprint density at radius 2 is 2.09 bits per heavy atom. The van der Waals surface area contributed by atoms with Crippen molar-refractivity contribution in [2.24, 2.45) is 5.92 Å². The fourth-order valence-corrected chi connectivity index (χ4v) is 2.17. The molecule has 0 radical (unpaired) electrons. The van der Waals surface area contributed by atoms with Crippen LogP contribution in [0, 0.1) is 18.7 Å². The van der Waals surface area contributed by atoms with Gasteiger partial charge in [0.05, 0.1) is 5.92 Å². The molecule has 0 aliphatic carbocycles. The molecular weight excluding hydrogens is 283 g/mol. The van der Waals surface area contributed by atoms with Gasteiger partial charge in [0.2, 0.25) is 0 Å². The summed E-state index contributed by atoms with van der Waals surface area (Å²) in [7, 11) is 0. The highest BCUT2D eigenvalue weighted by Crippen LogP contribution is 2.19. The second-order valence-electron chi connectivity index (χ2n) is 5.40. The highest BCUT2D eigenvalue weighted by Gasteiger charge is 2.19. The first-order chi connectivity index (χ1) is 10.5. The second kappa shape index (κ2) is 7.02. The van der Waals surface area contributed by atoms with Crippen molar-refractivity contribution in [3.8, 4) is 0 Å². The summed E-state index contributed by atoms with van der Waals surface area (Å²) in [5.74, 6) is -1.11. The van der Waals surface area contributed by atoms with E-state index in [4.69, 9.17) is 5.11 Å². The van der Waals surface area contributed by atoms with Crippen LogP contribution < -0.4 is 4.90 Å². The van der Waals surface area contributed by atoms with Gasteiger partial charge in [-0.25, -0.2) is 9.37 Å². The molecular formula is C17H19FN2O2. The molecule has 0 fully saturated rings. The van der Waals surface area contributed by atoms with Crippen molar-refractivity contribution in [1.29, 1.82) is 0 Å². The number of carbonyl (C=O) groups is 1. The van der Waals surface area contributed by atoms with Gasteiger partial charge in [0.15, 0.2) is 0 Å². The minimum atomic E-state index is -0.883. The molecule has 4 nitrogen and oxygen atoms in total. The zero-order valence-electron chi connectivity index (χ0n) is 12.7. The minimum Gasteiger partial charge on any atom is -0.481 e. The number of aromatic nitrogens is 1. The van der Waals surface area contributed by atoms with E-state index in [2.05, 4.69) is 4.98 Å². The molecule has 0 amide bonds. The first-order valence-corrected chi connectivity index (χ1v) is 7.11. The van der Waals surface area contributed by atoms with Crippen molar-refractivity contribution in [1.82, 2.24) is 4.98 Å². The fraction of sp³-hybridized carbons (Fsp3) is 0.294. The predicted octanol–water partition coefficient (Wildman–Crippen LogP) is 3.26. The smallest absolute Gasteiger partial charge is 0.308 e. The lowest BCUT2D eigenvalue weighted by atomic mass is 10.1. The third-order valence-corrected chi connectivity index (χ3v) is 3.46. The van der Waals surface area contributed by atoms with Crippen LogP contribution in [0.2, 0.25) is 0 Å². The molecule has 0 saturated heterocycles. The molecule has 1 N–H and O–H groups in total. The summed E-state index contributed by atoms with van der Waals surface area (Å²) in [5, 5.41) is 9.13. The van der Waals surface area contributed by atoms with Crippen molar-refractivity contribution in [2.45, 2.75) is 20.4 Å². The molecule has 1 heterocycles. The van der Waals surface area contributed by atoms with E-state index in [1.54, 1.807) is 36.2 Å². The van der Waals surface area contributed by atoms with Crippen molar-refractivity contribution in [2.75, 3.05) is 11.4 Å². The van der Waals surface area contributed by atoms with E-state index < -0.39 is 11.9 Å². The number of benzene rings is 1. The lowest BCUT2D eigenvalue weighted by Crippen LogP contribution is -2.32. The predicted molar refractivity (Wildman–Crippen MR) is 83.2 cm³/mol. The van der Waals surface area contributed by atoms with E-state index in [1.165, 1.54) is 6.07 Å². The van der Waals surface area contributed by atoms with Gasteiger partial charge in [-0.1, -0.05) is 25.1 Å². The molecule has 1 atom stereocenters. The molecule has 0 aliphatic heterocycles. The number of rotatable bonds is 6. The molecule has 2 aromatic rings. The van der Waals surface area contributed by atoms with E-state index in [0.717, 1.165) is 5.56 Å². The van der Waals surface area contributed by atoms with Gasteiger partial charge in [-0.3, -0.25) is 4.79 Å². The first kappa shape index (κ1) is 15.9. The summed E-state index contributed by atoms with van der Waals surface area (Å²) in [6.45, 7) is 4.11. The molecule has 0 spiro atoms. The molecule has 1 aromatic carbocycles. The van der Waals surface area contributed by atoms with Crippen LogP contribution in [0.1, 0.15) is 18.1 Å². The van der Waals surface area contributed by atoms with E-state index in [9.17, 15) is 9.18 Å². The highest BCUT2D eigenvalue weighted by molar-refractivity contribution is 5.70. The molecule has 0 aliphatic rings. The number of hydrogen-bond donors (Lipinski definition) is 1. The maximum Gasteiger partial charge on any atom is 0.308 e. The minimum absolute atomic E-state index is 0.264. The van der Waals surface area contributed by atoms with Crippen LogP contribution in [0.15, 0.2) is 42.6 Å². The van der Waals surface area contributed by atoms with Crippen molar-refractivity contribution in [3.63, 3.8) is 0 Å². The van der Waals surface area contributed by atoms with Crippen LogP contribution in [-0.4, -0.2) is 22.6 Å². The Kier molecular flexibility index (Phi) is 5.09. The monoisotopic (exact) mass is 302 g/mol. The van der Waals surface area contributed by atoms with Crippen LogP contribution in [-0.2, 0) is 11.3 Å². The summed E-state index contributed by atoms with van der Waals surface area (Å²) < 4.78 is 13.9. The van der Waals surface area contributed by atoms with Gasteiger partial charge in [0.25, 0.3) is 0 Å². The van der Waals surface area contributed by atoms with Gasteiger partial charge < -0.3 is 10.0 Å². The van der Waals surface area contributed by atoms with Crippen LogP contribution in [0.25, 0.3) is 0 Å². The Hall–Kier alpha value is -2.43. The van der Waals surface area contributed by atoms with Crippen LogP contribution >= 0.6 is 0 Å². The van der Waals surface area contributed by atoms with Crippen molar-refractivity contribution in [3.05, 3.63) is 59.5 Å². The number of halogens is 1.